The first-order chi connectivity index (χ1) is 12.4. The average molecular weight is 584 g/mol. The first kappa shape index (κ1) is 21.0. The lowest BCUT2D eigenvalue weighted by Gasteiger charge is -2.29. The van der Waals surface area contributed by atoms with Crippen molar-refractivity contribution in [3.05, 3.63) is 24.8 Å². The Kier molecular flexibility index (Phi) is 8.16. The Morgan fingerprint density at radius 2 is 1.92 bits per heavy atom. The van der Waals surface area contributed by atoms with Crippen LogP contribution in [0, 0.1) is 18.5 Å². The van der Waals surface area contributed by atoms with Crippen LogP contribution in [0.3, 0.4) is 0 Å². The monoisotopic (exact) mass is 584 g/mol. The summed E-state index contributed by atoms with van der Waals surface area (Å²) in [5.74, 6) is -0.232. The van der Waals surface area contributed by atoms with E-state index >= 15 is 0 Å². The van der Waals surface area contributed by atoms with Gasteiger partial charge in [-0.3, -0.25) is 4.79 Å². The van der Waals surface area contributed by atoms with Crippen molar-refractivity contribution < 1.29 is 19.4 Å². The number of carbonyl (C=O) groups excluding carboxylic acids is 2. The van der Waals surface area contributed by atoms with E-state index in [0.717, 1.165) is 5.56 Å². The Labute approximate surface area is 178 Å². The van der Waals surface area contributed by atoms with Crippen LogP contribution in [0.4, 0.5) is 4.79 Å². The quantitative estimate of drug-likeness (QED) is 0.356. The van der Waals surface area contributed by atoms with E-state index in [9.17, 15) is 14.7 Å². The molecule has 3 amide bonds. The molecular formula is C16H18I2N4O4. The number of aromatic hydroxyl groups is 1. The third-order valence-corrected chi connectivity index (χ3v) is 5.42. The number of hydrogen-bond donors (Lipinski definition) is 3. The number of phenols is 1. The van der Waals surface area contributed by atoms with Gasteiger partial charge < -0.3 is 25.4 Å². The lowest BCUT2D eigenvalue weighted by Crippen LogP contribution is -2.54. The molecule has 2 rings (SSSR count). The summed E-state index contributed by atoms with van der Waals surface area (Å²) in [4.78, 5) is 26.4. The number of rotatable bonds is 5. The predicted molar refractivity (Wildman–Crippen MR) is 111 cm³/mol. The van der Waals surface area contributed by atoms with E-state index in [1.54, 1.807) is 17.0 Å². The average Bonchev–Trinajstić information content (AvgIpc) is 2.64. The fourth-order valence-corrected chi connectivity index (χ4v) is 4.33. The summed E-state index contributed by atoms with van der Waals surface area (Å²) in [6, 6.07) is 4.22. The summed E-state index contributed by atoms with van der Waals surface area (Å²) >= 11 is 4.03. The number of benzene rings is 1. The number of halogens is 2. The van der Waals surface area contributed by atoms with E-state index in [1.165, 1.54) is 0 Å². The predicted octanol–water partition coefficient (Wildman–Crippen LogP) is 1.19. The zero-order chi connectivity index (χ0) is 19.1. The number of phenolic OH excluding ortho intramolecular Hbond substituents is 1. The summed E-state index contributed by atoms with van der Waals surface area (Å²) in [6.45, 7) is 1.73. The number of hydrogen-bond acceptors (Lipinski definition) is 5. The SMILES string of the molecule is N#CCNC(=O)[C@H](Cc1cc(I)c(O)c(I)c1)NC(=O)N1CCOCC1. The number of nitrogens with one attached hydrogen (secondary N) is 2. The van der Waals surface area contributed by atoms with Crippen molar-refractivity contribution in [3.63, 3.8) is 0 Å². The minimum atomic E-state index is -0.824. The largest absolute Gasteiger partial charge is 0.506 e. The summed E-state index contributed by atoms with van der Waals surface area (Å²) in [6.07, 6.45) is 0.250. The standard InChI is InChI=1S/C16H18I2N4O4/c17-11-7-10(8-12(18)14(11)23)9-13(15(24)20-2-1-19)21-16(25)22-3-5-26-6-4-22/h7-8,13,23H,2-6,9H2,(H,20,24)(H,21,25)/t13-/m0/s1. The van der Waals surface area contributed by atoms with E-state index in [1.807, 2.05) is 51.3 Å². The van der Waals surface area contributed by atoms with Gasteiger partial charge in [0, 0.05) is 19.5 Å². The van der Waals surface area contributed by atoms with Gasteiger partial charge in [-0.25, -0.2) is 4.79 Å². The molecule has 1 saturated heterocycles. The van der Waals surface area contributed by atoms with Crippen LogP contribution in [-0.4, -0.2) is 60.8 Å². The van der Waals surface area contributed by atoms with Crippen LogP contribution < -0.4 is 10.6 Å². The topological polar surface area (TPSA) is 115 Å². The number of nitriles is 1. The van der Waals surface area contributed by atoms with Gasteiger partial charge >= 0.3 is 6.03 Å². The Morgan fingerprint density at radius 1 is 1.31 bits per heavy atom. The van der Waals surface area contributed by atoms with Gasteiger partial charge in [0.2, 0.25) is 5.91 Å². The minimum Gasteiger partial charge on any atom is -0.506 e. The highest BCUT2D eigenvalue weighted by atomic mass is 127. The van der Waals surface area contributed by atoms with E-state index < -0.39 is 11.9 Å². The molecule has 0 bridgehead atoms. The third-order valence-electron chi connectivity index (χ3n) is 3.77. The molecule has 10 heteroatoms. The number of urea groups is 1. The van der Waals surface area contributed by atoms with Crippen LogP contribution in [0.2, 0.25) is 0 Å². The normalized spacial score (nSPS) is 15.0. The molecule has 0 spiro atoms. The molecule has 1 fully saturated rings. The maximum atomic E-state index is 12.4. The van der Waals surface area contributed by atoms with Crippen molar-refractivity contribution in [3.8, 4) is 11.8 Å². The summed E-state index contributed by atoms with van der Waals surface area (Å²) in [5.41, 5.74) is 0.802. The maximum Gasteiger partial charge on any atom is 0.318 e. The number of ether oxygens (including phenoxy) is 1. The van der Waals surface area contributed by atoms with Crippen LogP contribution in [0.15, 0.2) is 12.1 Å². The Morgan fingerprint density at radius 3 is 2.50 bits per heavy atom. The molecule has 0 radical (unpaired) electrons. The smallest absolute Gasteiger partial charge is 0.318 e. The number of amides is 3. The van der Waals surface area contributed by atoms with Gasteiger partial charge in [-0.1, -0.05) is 0 Å². The maximum absolute atomic E-state index is 12.4. The highest BCUT2D eigenvalue weighted by Crippen LogP contribution is 2.27. The molecule has 0 unspecified atom stereocenters. The van der Waals surface area contributed by atoms with E-state index in [0.29, 0.717) is 33.4 Å². The second-order valence-corrected chi connectivity index (χ2v) is 7.91. The van der Waals surface area contributed by atoms with E-state index in [2.05, 4.69) is 10.6 Å². The first-order valence-electron chi connectivity index (χ1n) is 7.87. The highest BCUT2D eigenvalue weighted by molar-refractivity contribution is 14.1. The van der Waals surface area contributed by atoms with Gasteiger partial charge in [0.25, 0.3) is 0 Å². The fourth-order valence-electron chi connectivity index (χ4n) is 2.44. The molecule has 140 valence electrons. The highest BCUT2D eigenvalue weighted by Gasteiger charge is 2.25. The Balaban J connectivity index is 2.13. The molecule has 1 aliphatic heterocycles. The van der Waals surface area contributed by atoms with Crippen LogP contribution >= 0.6 is 45.2 Å². The second kappa shape index (κ2) is 10.1. The van der Waals surface area contributed by atoms with Crippen LogP contribution in [0.25, 0.3) is 0 Å². The molecular weight excluding hydrogens is 566 g/mol. The molecule has 0 saturated carbocycles. The lowest BCUT2D eigenvalue weighted by molar-refractivity contribution is -0.122. The Hall–Kier alpha value is -1.33. The van der Waals surface area contributed by atoms with Crippen molar-refractivity contribution in [2.45, 2.75) is 12.5 Å². The van der Waals surface area contributed by atoms with Gasteiger partial charge in [0.1, 0.15) is 18.3 Å². The van der Waals surface area contributed by atoms with Crippen molar-refractivity contribution in [1.29, 1.82) is 5.26 Å². The number of nitrogens with zero attached hydrogens (tertiary/aromatic N) is 2. The Bertz CT molecular complexity index is 694. The van der Waals surface area contributed by atoms with Crippen molar-refractivity contribution >= 4 is 57.1 Å². The summed E-state index contributed by atoms with van der Waals surface area (Å²) < 4.78 is 6.56. The first-order valence-corrected chi connectivity index (χ1v) is 10.0. The molecule has 1 aromatic rings. The molecule has 8 nitrogen and oxygen atoms in total. The molecule has 1 heterocycles. The van der Waals surface area contributed by atoms with Crippen molar-refractivity contribution in [1.82, 2.24) is 15.5 Å². The zero-order valence-corrected chi connectivity index (χ0v) is 18.1. The van der Waals surface area contributed by atoms with Crippen LogP contribution in [-0.2, 0) is 16.0 Å². The van der Waals surface area contributed by atoms with Gasteiger partial charge in [0.05, 0.1) is 26.4 Å². The summed E-state index contributed by atoms with van der Waals surface area (Å²) in [7, 11) is 0. The molecule has 1 atom stereocenters. The summed E-state index contributed by atoms with van der Waals surface area (Å²) in [5, 5.41) is 23.8. The van der Waals surface area contributed by atoms with Crippen molar-refractivity contribution in [2.75, 3.05) is 32.8 Å². The molecule has 1 aliphatic rings. The van der Waals surface area contributed by atoms with E-state index in [-0.39, 0.29) is 24.7 Å². The van der Waals surface area contributed by atoms with Crippen LogP contribution in [0.5, 0.6) is 5.75 Å². The number of morpholine rings is 1. The number of carbonyl (C=O) groups is 2. The van der Waals surface area contributed by atoms with Gasteiger partial charge in [-0.05, 0) is 62.9 Å². The zero-order valence-electron chi connectivity index (χ0n) is 13.8. The van der Waals surface area contributed by atoms with E-state index in [4.69, 9.17) is 10.00 Å². The van der Waals surface area contributed by atoms with Crippen molar-refractivity contribution in [2.24, 2.45) is 0 Å². The van der Waals surface area contributed by atoms with Crippen LogP contribution in [0.1, 0.15) is 5.56 Å². The van der Waals surface area contributed by atoms with Gasteiger partial charge in [-0.2, -0.15) is 5.26 Å². The molecule has 0 aliphatic carbocycles. The second-order valence-electron chi connectivity index (χ2n) is 5.59. The lowest BCUT2D eigenvalue weighted by atomic mass is 10.0. The molecule has 26 heavy (non-hydrogen) atoms. The van der Waals surface area contributed by atoms with Gasteiger partial charge in [0.15, 0.2) is 0 Å². The third kappa shape index (κ3) is 5.85. The molecule has 1 aromatic carbocycles. The van der Waals surface area contributed by atoms with Gasteiger partial charge in [-0.15, -0.1) is 0 Å². The molecule has 0 aromatic heterocycles. The minimum absolute atomic E-state index is 0.132. The fraction of sp³-hybridized carbons (Fsp3) is 0.438. The molecule has 3 N–H and O–H groups in total.